The van der Waals surface area contributed by atoms with Crippen molar-refractivity contribution in [3.63, 3.8) is 0 Å². The molecule has 3 N–H and O–H groups in total. The van der Waals surface area contributed by atoms with Crippen LogP contribution in [0.4, 0.5) is 13.2 Å². The number of ether oxygens (including phenoxy) is 2. The average molecular weight is 478 g/mol. The second-order valence-corrected chi connectivity index (χ2v) is 7.71. The Morgan fingerprint density at radius 1 is 1.03 bits per heavy atom. The summed E-state index contributed by atoms with van der Waals surface area (Å²) < 4.78 is 46.5. The minimum absolute atomic E-state index is 0.0443. The number of carbonyl (C=O) groups excluding carboxylic acids is 2. The Hall–Kier alpha value is -3.53. The molecule has 1 saturated carbocycles. The topological polar surface area (TPSA) is 96.9 Å². The highest BCUT2D eigenvalue weighted by molar-refractivity contribution is 6.05. The van der Waals surface area contributed by atoms with Crippen molar-refractivity contribution in [2.24, 2.45) is 5.92 Å². The van der Waals surface area contributed by atoms with Gasteiger partial charge in [0.25, 0.3) is 11.8 Å². The molecule has 0 saturated heterocycles. The number of halogens is 3. The van der Waals surface area contributed by atoms with Crippen LogP contribution in [0, 0.1) is 5.92 Å². The van der Waals surface area contributed by atoms with Crippen LogP contribution in [-0.2, 0) is 4.79 Å². The lowest BCUT2D eigenvalue weighted by molar-refractivity contribution is -0.274. The maximum atomic E-state index is 12.7. The number of carbonyl (C=O) groups is 2. The minimum atomic E-state index is -4.82. The summed E-state index contributed by atoms with van der Waals surface area (Å²) in [5.41, 5.74) is 0.486. The Balaban J connectivity index is 1.68. The third-order valence-corrected chi connectivity index (χ3v) is 4.92. The molecule has 0 aromatic heterocycles. The summed E-state index contributed by atoms with van der Waals surface area (Å²) >= 11 is 0. The number of rotatable bonds is 11. The van der Waals surface area contributed by atoms with Crippen molar-refractivity contribution in [3.05, 3.63) is 65.4 Å². The number of amides is 2. The van der Waals surface area contributed by atoms with E-state index in [9.17, 15) is 22.8 Å². The standard InChI is InChI=1S/C24H25F3N2O5/c25-24(26,27)34-20-7-3-17(4-8-20)15-21(23(32)28-12-13-30)29-22(31)18-5-9-19(10-6-18)33-14-11-16-1-2-16/h3-10,15-16,30H,1-2,11-14H2,(H,28,32)(H,29,31)/b21-15-. The van der Waals surface area contributed by atoms with E-state index in [2.05, 4.69) is 15.4 Å². The van der Waals surface area contributed by atoms with E-state index < -0.39 is 23.9 Å². The summed E-state index contributed by atoms with van der Waals surface area (Å²) in [6, 6.07) is 11.2. The van der Waals surface area contributed by atoms with Crippen LogP contribution in [0.2, 0.25) is 0 Å². The summed E-state index contributed by atoms with van der Waals surface area (Å²) in [7, 11) is 0. The van der Waals surface area contributed by atoms with Crippen LogP contribution in [0.15, 0.2) is 54.2 Å². The third-order valence-electron chi connectivity index (χ3n) is 4.92. The Morgan fingerprint density at radius 2 is 1.68 bits per heavy atom. The number of alkyl halides is 3. The van der Waals surface area contributed by atoms with E-state index in [0.29, 0.717) is 17.9 Å². The molecule has 0 heterocycles. The molecule has 0 spiro atoms. The monoisotopic (exact) mass is 478 g/mol. The van der Waals surface area contributed by atoms with Crippen molar-refractivity contribution in [3.8, 4) is 11.5 Å². The molecule has 0 unspecified atom stereocenters. The Morgan fingerprint density at radius 3 is 2.26 bits per heavy atom. The lowest BCUT2D eigenvalue weighted by Crippen LogP contribution is -2.36. The van der Waals surface area contributed by atoms with Crippen molar-refractivity contribution < 1.29 is 37.3 Å². The normalized spacial score (nSPS) is 13.8. The molecule has 2 aromatic rings. The fraction of sp³-hybridized carbons (Fsp3) is 0.333. The summed E-state index contributed by atoms with van der Waals surface area (Å²) in [6.07, 6.45) is -0.0240. The third kappa shape index (κ3) is 8.43. The molecule has 7 nitrogen and oxygen atoms in total. The number of hydrogen-bond donors (Lipinski definition) is 3. The molecule has 1 aliphatic carbocycles. The van der Waals surface area contributed by atoms with Gasteiger partial charge in [0.05, 0.1) is 13.2 Å². The summed E-state index contributed by atoms with van der Waals surface area (Å²) in [6.45, 7) is 0.261. The Bertz CT molecular complexity index is 1000. The quantitative estimate of drug-likeness (QED) is 0.429. The maximum Gasteiger partial charge on any atom is 0.573 e. The molecule has 0 aliphatic heterocycles. The fourth-order valence-corrected chi connectivity index (χ4v) is 3.00. The predicted octanol–water partition coefficient (Wildman–Crippen LogP) is 3.64. The fourth-order valence-electron chi connectivity index (χ4n) is 3.00. The largest absolute Gasteiger partial charge is 0.573 e. The molecule has 2 amide bonds. The number of aliphatic hydroxyl groups is 1. The van der Waals surface area contributed by atoms with Gasteiger partial charge < -0.3 is 25.2 Å². The zero-order chi connectivity index (χ0) is 24.6. The number of benzene rings is 2. The lowest BCUT2D eigenvalue weighted by Gasteiger charge is -2.12. The van der Waals surface area contributed by atoms with Crippen LogP contribution in [0.1, 0.15) is 35.2 Å². The molecule has 1 aliphatic rings. The van der Waals surface area contributed by atoms with Crippen molar-refractivity contribution in [1.29, 1.82) is 0 Å². The van der Waals surface area contributed by atoms with E-state index >= 15 is 0 Å². The van der Waals surface area contributed by atoms with Crippen LogP contribution < -0.4 is 20.1 Å². The highest BCUT2D eigenvalue weighted by Crippen LogP contribution is 2.32. The van der Waals surface area contributed by atoms with E-state index in [4.69, 9.17) is 9.84 Å². The second-order valence-electron chi connectivity index (χ2n) is 7.71. The molecule has 0 bridgehead atoms. The van der Waals surface area contributed by atoms with E-state index in [1.165, 1.54) is 31.1 Å². The summed E-state index contributed by atoms with van der Waals surface area (Å²) in [4.78, 5) is 25.2. The molecule has 182 valence electrons. The zero-order valence-electron chi connectivity index (χ0n) is 18.2. The van der Waals surface area contributed by atoms with Gasteiger partial charge in [-0.3, -0.25) is 9.59 Å². The smallest absolute Gasteiger partial charge is 0.494 e. The van der Waals surface area contributed by atoms with E-state index in [1.54, 1.807) is 24.3 Å². The zero-order valence-corrected chi connectivity index (χ0v) is 18.2. The molecule has 2 aromatic carbocycles. The first-order valence-electron chi connectivity index (χ1n) is 10.7. The summed E-state index contributed by atoms with van der Waals surface area (Å²) in [5.74, 6) is -0.264. The first kappa shape index (κ1) is 25.1. The van der Waals surface area contributed by atoms with Crippen LogP contribution in [0.25, 0.3) is 6.08 Å². The molecule has 0 radical (unpaired) electrons. The van der Waals surface area contributed by atoms with Crippen LogP contribution in [0.3, 0.4) is 0 Å². The molecular weight excluding hydrogens is 453 g/mol. The van der Waals surface area contributed by atoms with Gasteiger partial charge in [-0.2, -0.15) is 0 Å². The van der Waals surface area contributed by atoms with Crippen LogP contribution in [-0.4, -0.2) is 43.0 Å². The Kier molecular flexibility index (Phi) is 8.53. The summed E-state index contributed by atoms with van der Waals surface area (Å²) in [5, 5.41) is 13.9. The van der Waals surface area contributed by atoms with E-state index in [1.807, 2.05) is 0 Å². The van der Waals surface area contributed by atoms with Crippen molar-refractivity contribution in [2.75, 3.05) is 19.8 Å². The van der Waals surface area contributed by atoms with Gasteiger partial charge in [0, 0.05) is 12.1 Å². The molecule has 0 atom stereocenters. The van der Waals surface area contributed by atoms with Crippen molar-refractivity contribution >= 4 is 17.9 Å². The molecule has 34 heavy (non-hydrogen) atoms. The molecular formula is C24H25F3N2O5. The van der Waals surface area contributed by atoms with E-state index in [-0.39, 0.29) is 24.4 Å². The highest BCUT2D eigenvalue weighted by atomic mass is 19.4. The first-order chi connectivity index (χ1) is 16.2. The van der Waals surface area contributed by atoms with Crippen LogP contribution >= 0.6 is 0 Å². The number of hydrogen-bond acceptors (Lipinski definition) is 5. The number of nitrogens with one attached hydrogen (secondary N) is 2. The van der Waals surface area contributed by atoms with Gasteiger partial charge >= 0.3 is 6.36 Å². The van der Waals surface area contributed by atoms with Gasteiger partial charge in [0.2, 0.25) is 0 Å². The Labute approximate surface area is 194 Å². The van der Waals surface area contributed by atoms with Gasteiger partial charge in [-0.05, 0) is 60.4 Å². The van der Waals surface area contributed by atoms with Gasteiger partial charge in [0.1, 0.15) is 17.2 Å². The first-order valence-corrected chi connectivity index (χ1v) is 10.7. The molecule has 3 rings (SSSR count). The van der Waals surface area contributed by atoms with Gasteiger partial charge in [-0.15, -0.1) is 13.2 Å². The van der Waals surface area contributed by atoms with Gasteiger partial charge in [0.15, 0.2) is 0 Å². The van der Waals surface area contributed by atoms with E-state index in [0.717, 1.165) is 24.5 Å². The van der Waals surface area contributed by atoms with Crippen molar-refractivity contribution in [2.45, 2.75) is 25.6 Å². The SMILES string of the molecule is O=C(NCCO)/C(=C/c1ccc(OC(F)(F)F)cc1)NC(=O)c1ccc(OCCC2CC2)cc1. The minimum Gasteiger partial charge on any atom is -0.494 e. The number of aliphatic hydroxyl groups excluding tert-OH is 1. The maximum absolute atomic E-state index is 12.7. The van der Waals surface area contributed by atoms with Gasteiger partial charge in [-0.25, -0.2) is 0 Å². The van der Waals surface area contributed by atoms with Gasteiger partial charge in [-0.1, -0.05) is 25.0 Å². The average Bonchev–Trinajstić information content (AvgIpc) is 3.62. The van der Waals surface area contributed by atoms with Crippen molar-refractivity contribution in [1.82, 2.24) is 10.6 Å². The molecule has 1 fully saturated rings. The highest BCUT2D eigenvalue weighted by Gasteiger charge is 2.31. The second kappa shape index (κ2) is 11.6. The molecule has 10 heteroatoms. The van der Waals surface area contributed by atoms with Crippen LogP contribution in [0.5, 0.6) is 11.5 Å². The predicted molar refractivity (Wildman–Crippen MR) is 118 cm³/mol. The lowest BCUT2D eigenvalue weighted by atomic mass is 10.1.